The van der Waals surface area contributed by atoms with Crippen molar-refractivity contribution in [2.24, 2.45) is 10.8 Å². The molecule has 6 heteroatoms. The number of hydrogen-bond acceptors (Lipinski definition) is 6. The molecule has 38 heavy (non-hydrogen) atoms. The molecule has 204 valence electrons. The van der Waals surface area contributed by atoms with E-state index in [-0.39, 0.29) is 13.2 Å². The number of fused-ring (bicyclic) bond motifs is 6. The molecule has 5 aliphatic rings. The summed E-state index contributed by atoms with van der Waals surface area (Å²) in [6.45, 7) is 0.369. The summed E-state index contributed by atoms with van der Waals surface area (Å²) in [7, 11) is 0. The lowest BCUT2D eigenvalue weighted by molar-refractivity contribution is -0.250. The van der Waals surface area contributed by atoms with Gasteiger partial charge >= 0.3 is 0 Å². The van der Waals surface area contributed by atoms with E-state index in [1.807, 2.05) is 60.7 Å². The van der Waals surface area contributed by atoms with Crippen LogP contribution in [0.4, 0.5) is 0 Å². The van der Waals surface area contributed by atoms with Crippen LogP contribution in [0.15, 0.2) is 60.7 Å². The number of benzene rings is 2. The van der Waals surface area contributed by atoms with Crippen LogP contribution in [0.2, 0.25) is 0 Å². The third-order valence-corrected chi connectivity index (χ3v) is 11.4. The van der Waals surface area contributed by atoms with E-state index in [0.29, 0.717) is 25.7 Å². The van der Waals surface area contributed by atoms with Gasteiger partial charge < -0.3 is 29.9 Å². The topological polar surface area (TPSA) is 99.4 Å². The van der Waals surface area contributed by atoms with Gasteiger partial charge in [0.25, 0.3) is 0 Å². The number of hydrogen-bond donors (Lipinski definition) is 4. The smallest absolute Gasteiger partial charge is 0.134 e. The maximum Gasteiger partial charge on any atom is 0.134 e. The molecule has 0 aromatic heterocycles. The van der Waals surface area contributed by atoms with E-state index in [0.717, 1.165) is 49.7 Å². The largest absolute Gasteiger partial charge is 0.383 e. The molecule has 5 fully saturated rings. The van der Waals surface area contributed by atoms with Gasteiger partial charge in [-0.15, -0.1) is 0 Å². The lowest BCUT2D eigenvalue weighted by Gasteiger charge is -2.42. The zero-order valence-corrected chi connectivity index (χ0v) is 22.0. The number of rotatable bonds is 6. The normalized spacial score (nSPS) is 41.9. The average Bonchev–Trinajstić information content (AvgIpc) is 3.56. The molecule has 5 aliphatic carbocycles. The van der Waals surface area contributed by atoms with Crippen molar-refractivity contribution < 1.29 is 29.9 Å². The van der Waals surface area contributed by atoms with Gasteiger partial charge in [-0.3, -0.25) is 0 Å². The first-order chi connectivity index (χ1) is 18.3. The van der Waals surface area contributed by atoms with Crippen molar-refractivity contribution in [3.63, 3.8) is 0 Å². The lowest BCUT2D eigenvalue weighted by atomic mass is 9.76. The van der Waals surface area contributed by atoms with Gasteiger partial charge in [-0.25, -0.2) is 0 Å². The van der Waals surface area contributed by atoms with E-state index in [1.54, 1.807) is 0 Å². The minimum absolute atomic E-state index is 0.185. The first kappa shape index (κ1) is 25.2. The zero-order valence-electron chi connectivity index (χ0n) is 22.0. The van der Waals surface area contributed by atoms with Crippen LogP contribution in [0.3, 0.4) is 0 Å². The maximum atomic E-state index is 12.7. The minimum atomic E-state index is -1.71. The van der Waals surface area contributed by atoms with Gasteiger partial charge in [0.05, 0.1) is 13.2 Å². The van der Waals surface area contributed by atoms with Gasteiger partial charge in [0.1, 0.15) is 34.6 Å². The molecular weight excluding hydrogens is 480 g/mol. The van der Waals surface area contributed by atoms with Gasteiger partial charge in [0.15, 0.2) is 0 Å². The third kappa shape index (κ3) is 2.70. The Morgan fingerprint density at radius 3 is 1.13 bits per heavy atom. The van der Waals surface area contributed by atoms with Gasteiger partial charge in [-0.05, 0) is 36.8 Å². The van der Waals surface area contributed by atoms with Crippen LogP contribution in [0, 0.1) is 10.8 Å². The van der Waals surface area contributed by atoms with Crippen LogP contribution in [0.5, 0.6) is 0 Å². The van der Waals surface area contributed by atoms with Crippen LogP contribution < -0.4 is 0 Å². The van der Waals surface area contributed by atoms with Crippen molar-refractivity contribution in [1.82, 2.24) is 0 Å². The Bertz CT molecular complexity index is 1050. The Morgan fingerprint density at radius 1 is 0.500 bits per heavy atom. The molecule has 0 saturated heterocycles. The highest BCUT2D eigenvalue weighted by Crippen LogP contribution is 2.89. The van der Waals surface area contributed by atoms with Crippen molar-refractivity contribution in [2.75, 3.05) is 0 Å². The van der Waals surface area contributed by atoms with E-state index in [1.165, 1.54) is 0 Å². The second-order valence-corrected chi connectivity index (χ2v) is 12.7. The summed E-state index contributed by atoms with van der Waals surface area (Å²) < 4.78 is 13.0. The van der Waals surface area contributed by atoms with Crippen LogP contribution in [-0.4, -0.2) is 55.0 Å². The van der Waals surface area contributed by atoms with Crippen LogP contribution in [0.1, 0.15) is 75.3 Å². The highest BCUT2D eigenvalue weighted by atomic mass is 16.6. The van der Waals surface area contributed by atoms with E-state index in [4.69, 9.17) is 9.47 Å². The average molecular weight is 521 g/mol. The van der Waals surface area contributed by atoms with E-state index >= 15 is 0 Å². The molecule has 5 saturated carbocycles. The summed E-state index contributed by atoms with van der Waals surface area (Å²) in [5.74, 6) is 0. The monoisotopic (exact) mass is 520 g/mol. The summed E-state index contributed by atoms with van der Waals surface area (Å²) in [5.41, 5.74) is -6.75. The molecule has 6 atom stereocenters. The summed E-state index contributed by atoms with van der Waals surface area (Å²) in [6.07, 6.45) is 5.85. The first-order valence-corrected chi connectivity index (χ1v) is 14.5. The molecule has 7 rings (SSSR count). The number of ether oxygens (including phenoxy) is 2. The molecule has 2 aromatic rings. The minimum Gasteiger partial charge on any atom is -0.383 e. The van der Waals surface area contributed by atoms with Gasteiger partial charge in [-0.1, -0.05) is 99.2 Å². The van der Waals surface area contributed by atoms with E-state index < -0.39 is 45.4 Å². The molecule has 2 aromatic carbocycles. The Morgan fingerprint density at radius 2 is 0.816 bits per heavy atom. The van der Waals surface area contributed by atoms with Crippen molar-refractivity contribution in [3.05, 3.63) is 71.8 Å². The zero-order chi connectivity index (χ0) is 26.3. The summed E-state index contributed by atoms with van der Waals surface area (Å²) >= 11 is 0. The SMILES string of the molecule is O[C@@]12[C@H](OCc3ccccc3)[C@@]3(O)C4(CCCCC4)[C@@]3(O)[C@@H](OCc3ccccc3)[C@@]1(O)C21CCCCC1. The Hall–Kier alpha value is -1.80. The fourth-order valence-corrected chi connectivity index (χ4v) is 9.65. The third-order valence-electron chi connectivity index (χ3n) is 11.4. The molecule has 4 N–H and O–H groups in total. The molecule has 0 bridgehead atoms. The first-order valence-electron chi connectivity index (χ1n) is 14.5. The summed E-state index contributed by atoms with van der Waals surface area (Å²) in [6, 6.07) is 19.4. The van der Waals surface area contributed by atoms with Crippen molar-refractivity contribution in [2.45, 2.75) is 112 Å². The number of aliphatic hydroxyl groups is 4. The molecule has 0 unspecified atom stereocenters. The molecule has 0 amide bonds. The maximum absolute atomic E-state index is 12.7. The highest BCUT2D eigenvalue weighted by Gasteiger charge is 3.08. The molecule has 0 heterocycles. The van der Waals surface area contributed by atoms with Crippen LogP contribution >= 0.6 is 0 Å². The van der Waals surface area contributed by atoms with Crippen molar-refractivity contribution >= 4 is 0 Å². The van der Waals surface area contributed by atoms with Crippen molar-refractivity contribution in [3.8, 4) is 0 Å². The van der Waals surface area contributed by atoms with Gasteiger partial charge in [-0.2, -0.15) is 0 Å². The molecule has 6 nitrogen and oxygen atoms in total. The molecule has 2 spiro atoms. The second kappa shape index (κ2) is 8.35. The molecule has 0 aliphatic heterocycles. The second-order valence-electron chi connectivity index (χ2n) is 12.7. The van der Waals surface area contributed by atoms with Gasteiger partial charge in [0.2, 0.25) is 0 Å². The van der Waals surface area contributed by atoms with Crippen molar-refractivity contribution in [1.29, 1.82) is 0 Å². The fourth-order valence-electron chi connectivity index (χ4n) is 9.65. The van der Waals surface area contributed by atoms with E-state index in [2.05, 4.69) is 0 Å². The molecule has 0 radical (unpaired) electrons. The summed E-state index contributed by atoms with van der Waals surface area (Å²) in [5, 5.41) is 50.6. The molecular formula is C32H40O6. The Balaban J connectivity index is 1.33. The predicted molar refractivity (Wildman–Crippen MR) is 141 cm³/mol. The summed E-state index contributed by atoms with van der Waals surface area (Å²) in [4.78, 5) is 0. The Kier molecular flexibility index (Phi) is 5.54. The standard InChI is InChI=1S/C32H40O6/c33-29-25(37-21-23-13-5-1-6-14-23)30(34)28(19-11-4-12-20-28)32(30,36)26(38-22-24-15-7-2-8-16-24)31(29,35)27(29)17-9-3-10-18-27/h1-2,5-8,13-16,25-26,33-36H,3-4,9-12,17-22H2/t25-,26-,29-,30-,31+,32-/m1/s1. The Labute approximate surface area is 224 Å². The lowest BCUT2D eigenvalue weighted by Crippen LogP contribution is -2.64. The quantitative estimate of drug-likeness (QED) is 0.459. The highest BCUT2D eigenvalue weighted by molar-refractivity contribution is 5.57. The van der Waals surface area contributed by atoms with E-state index in [9.17, 15) is 20.4 Å². The predicted octanol–water partition coefficient (Wildman–Crippen LogP) is 4.02. The van der Waals surface area contributed by atoms with Gasteiger partial charge in [0, 0.05) is 10.8 Å². The van der Waals surface area contributed by atoms with Crippen LogP contribution in [0.25, 0.3) is 0 Å². The van der Waals surface area contributed by atoms with Crippen LogP contribution in [-0.2, 0) is 22.7 Å². The fraction of sp³-hybridized carbons (Fsp3) is 0.625.